The second kappa shape index (κ2) is 10.4. The molecule has 0 spiro atoms. The maximum absolute atomic E-state index is 14.2. The number of ether oxygens (including phenoxy) is 3. The predicted molar refractivity (Wildman–Crippen MR) is 132 cm³/mol. The minimum absolute atomic E-state index is 0.108. The average molecular weight is 553 g/mol. The first kappa shape index (κ1) is 26.5. The lowest BCUT2D eigenvalue weighted by Gasteiger charge is -2.26. The highest BCUT2D eigenvalue weighted by Gasteiger charge is 2.45. The first-order valence-corrected chi connectivity index (χ1v) is 12.1. The summed E-state index contributed by atoms with van der Waals surface area (Å²) in [4.78, 5) is 29.9. The zero-order valence-electron chi connectivity index (χ0n) is 19.8. The number of hydrogen-bond donors (Lipinski definition) is 0. The summed E-state index contributed by atoms with van der Waals surface area (Å²) in [6, 6.07) is 9.34. The number of benzene rings is 2. The number of alkyl halides is 3. The Morgan fingerprint density at radius 1 is 1.14 bits per heavy atom. The van der Waals surface area contributed by atoms with Crippen LogP contribution in [0.15, 0.2) is 63.5 Å². The fourth-order valence-electron chi connectivity index (χ4n) is 3.89. The van der Waals surface area contributed by atoms with Crippen molar-refractivity contribution in [3.05, 3.63) is 89.6 Å². The lowest BCUT2D eigenvalue weighted by atomic mass is 9.95. The Hall–Kier alpha value is -3.57. The van der Waals surface area contributed by atoms with Crippen molar-refractivity contribution in [3.63, 3.8) is 0 Å². The summed E-state index contributed by atoms with van der Waals surface area (Å²) in [5.74, 6) is -0.336. The van der Waals surface area contributed by atoms with Crippen molar-refractivity contribution in [2.45, 2.75) is 19.1 Å². The Labute approximate surface area is 217 Å². The van der Waals surface area contributed by atoms with Gasteiger partial charge in [-0.3, -0.25) is 9.36 Å². The number of hydrogen-bond acceptors (Lipinski definition) is 7. The molecule has 1 atom stereocenters. The maximum atomic E-state index is 14.2. The van der Waals surface area contributed by atoms with E-state index in [-0.39, 0.29) is 21.5 Å². The minimum Gasteiger partial charge on any atom is -0.493 e. The van der Waals surface area contributed by atoms with Gasteiger partial charge in [0, 0.05) is 5.02 Å². The van der Waals surface area contributed by atoms with Gasteiger partial charge in [0.15, 0.2) is 22.0 Å². The Morgan fingerprint density at radius 3 is 2.41 bits per heavy atom. The summed E-state index contributed by atoms with van der Waals surface area (Å²) in [6.45, 7) is 1.31. The maximum Gasteiger partial charge on any atom is 0.434 e. The van der Waals surface area contributed by atoms with Crippen LogP contribution in [0.2, 0.25) is 5.02 Å². The van der Waals surface area contributed by atoms with E-state index in [2.05, 4.69) is 4.99 Å². The van der Waals surface area contributed by atoms with Crippen molar-refractivity contribution in [2.75, 3.05) is 20.8 Å². The van der Waals surface area contributed by atoms with Gasteiger partial charge in [0.05, 0.1) is 37.0 Å². The molecule has 2 aromatic carbocycles. The number of carbonyl (C=O) groups is 1. The van der Waals surface area contributed by atoms with Crippen LogP contribution in [0.5, 0.6) is 11.5 Å². The van der Waals surface area contributed by atoms with E-state index >= 15 is 0 Å². The third-order valence-electron chi connectivity index (χ3n) is 5.49. The van der Waals surface area contributed by atoms with E-state index in [4.69, 9.17) is 25.8 Å². The van der Waals surface area contributed by atoms with Crippen LogP contribution in [0.4, 0.5) is 13.2 Å². The van der Waals surface area contributed by atoms with Gasteiger partial charge in [-0.25, -0.2) is 9.79 Å². The van der Waals surface area contributed by atoms with Gasteiger partial charge in [-0.1, -0.05) is 41.1 Å². The SMILES string of the molecule is CCOC(=O)C1=C(C(F)(F)F)N=c2s/c(=C\c3ccc(OC)c(OC)c3)c(=O)n2[C@H]1c1ccc(Cl)cc1. The van der Waals surface area contributed by atoms with Gasteiger partial charge in [-0.2, -0.15) is 13.2 Å². The van der Waals surface area contributed by atoms with Gasteiger partial charge < -0.3 is 14.2 Å². The molecular weight excluding hydrogens is 533 g/mol. The number of fused-ring (bicyclic) bond motifs is 1. The van der Waals surface area contributed by atoms with Crippen LogP contribution in [0.3, 0.4) is 0 Å². The Balaban J connectivity index is 2.01. The van der Waals surface area contributed by atoms with Gasteiger partial charge in [0.2, 0.25) is 0 Å². The van der Waals surface area contributed by atoms with Gasteiger partial charge in [-0.05, 0) is 48.4 Å². The molecule has 0 amide bonds. The molecule has 0 unspecified atom stereocenters. The fourth-order valence-corrected chi connectivity index (χ4v) is 5.02. The number of esters is 1. The molecule has 0 saturated heterocycles. The molecule has 12 heteroatoms. The van der Waals surface area contributed by atoms with E-state index in [9.17, 15) is 22.8 Å². The molecule has 0 aliphatic carbocycles. The van der Waals surface area contributed by atoms with Crippen LogP contribution in [-0.2, 0) is 9.53 Å². The number of aromatic nitrogens is 1. The van der Waals surface area contributed by atoms with E-state index in [1.165, 1.54) is 51.5 Å². The molecule has 7 nitrogen and oxygen atoms in total. The summed E-state index contributed by atoms with van der Waals surface area (Å²) in [6.07, 6.45) is -3.47. The molecule has 0 bridgehead atoms. The van der Waals surface area contributed by atoms with Crippen molar-refractivity contribution in [1.82, 2.24) is 4.57 Å². The lowest BCUT2D eigenvalue weighted by Crippen LogP contribution is -2.41. The zero-order valence-corrected chi connectivity index (χ0v) is 21.3. The van der Waals surface area contributed by atoms with Crippen LogP contribution in [-0.4, -0.2) is 37.5 Å². The molecule has 1 aliphatic heterocycles. The summed E-state index contributed by atoms with van der Waals surface area (Å²) in [5, 5.41) is 0.335. The van der Waals surface area contributed by atoms with Crippen molar-refractivity contribution in [1.29, 1.82) is 0 Å². The van der Waals surface area contributed by atoms with Gasteiger partial charge >= 0.3 is 12.1 Å². The number of nitrogens with zero attached hydrogens (tertiary/aromatic N) is 2. The number of halogens is 4. The van der Waals surface area contributed by atoms with Crippen molar-refractivity contribution in [3.8, 4) is 11.5 Å². The number of methoxy groups -OCH3 is 2. The highest BCUT2D eigenvalue weighted by atomic mass is 35.5. The monoisotopic (exact) mass is 552 g/mol. The predicted octanol–water partition coefficient (Wildman–Crippen LogP) is 4.01. The van der Waals surface area contributed by atoms with Crippen LogP contribution >= 0.6 is 22.9 Å². The van der Waals surface area contributed by atoms with Crippen molar-refractivity contribution in [2.24, 2.45) is 4.99 Å². The number of allylic oxidation sites excluding steroid dienone is 1. The standard InChI is InChI=1S/C25H20ClF3N2O5S/c1-4-36-23(33)19-20(14-6-8-15(26)9-7-14)31-22(32)18(37-24(31)30-21(19)25(27,28)29)12-13-5-10-16(34-2)17(11-13)35-3/h5-12,20H,4H2,1-3H3/b18-12-/t20-/m0/s1. The lowest BCUT2D eigenvalue weighted by molar-refractivity contribution is -0.140. The highest BCUT2D eigenvalue weighted by molar-refractivity contribution is 7.07. The molecule has 37 heavy (non-hydrogen) atoms. The topological polar surface area (TPSA) is 79.1 Å². The van der Waals surface area contributed by atoms with Crippen molar-refractivity contribution < 1.29 is 32.2 Å². The van der Waals surface area contributed by atoms with E-state index in [1.54, 1.807) is 18.2 Å². The van der Waals surface area contributed by atoms with E-state index in [1.807, 2.05) is 0 Å². The summed E-state index contributed by atoms with van der Waals surface area (Å²) in [7, 11) is 2.93. The zero-order chi connectivity index (χ0) is 26.9. The molecule has 0 fully saturated rings. The summed E-state index contributed by atoms with van der Waals surface area (Å²) < 4.78 is 59.1. The molecule has 4 rings (SSSR count). The summed E-state index contributed by atoms with van der Waals surface area (Å²) >= 11 is 6.75. The van der Waals surface area contributed by atoms with E-state index < -0.39 is 35.0 Å². The third kappa shape index (κ3) is 5.14. The molecule has 1 aromatic heterocycles. The first-order valence-electron chi connectivity index (χ1n) is 10.9. The normalized spacial score (nSPS) is 15.8. The Kier molecular flexibility index (Phi) is 7.47. The van der Waals surface area contributed by atoms with Gasteiger partial charge in [0.25, 0.3) is 5.56 Å². The largest absolute Gasteiger partial charge is 0.493 e. The molecule has 3 aromatic rings. The fraction of sp³-hybridized carbons (Fsp3) is 0.240. The molecule has 1 aliphatic rings. The van der Waals surface area contributed by atoms with Crippen LogP contribution < -0.4 is 24.4 Å². The minimum atomic E-state index is -4.98. The first-order chi connectivity index (χ1) is 17.6. The summed E-state index contributed by atoms with van der Waals surface area (Å²) in [5.41, 5.74) is -2.03. The molecule has 2 heterocycles. The molecule has 194 valence electrons. The number of thiazole rings is 1. The van der Waals surface area contributed by atoms with Crippen LogP contribution in [0, 0.1) is 0 Å². The second-order valence-electron chi connectivity index (χ2n) is 7.73. The molecular formula is C25H20ClF3N2O5S. The van der Waals surface area contributed by atoms with E-state index in [0.717, 1.165) is 15.9 Å². The average Bonchev–Trinajstić information content (AvgIpc) is 3.17. The van der Waals surface area contributed by atoms with E-state index in [0.29, 0.717) is 22.1 Å². The smallest absolute Gasteiger partial charge is 0.434 e. The molecule has 0 radical (unpaired) electrons. The highest BCUT2D eigenvalue weighted by Crippen LogP contribution is 2.38. The van der Waals surface area contributed by atoms with Crippen LogP contribution in [0.1, 0.15) is 24.1 Å². The van der Waals surface area contributed by atoms with Crippen LogP contribution in [0.25, 0.3) is 6.08 Å². The second-order valence-corrected chi connectivity index (χ2v) is 9.17. The molecule has 0 N–H and O–H groups in total. The van der Waals surface area contributed by atoms with Gasteiger partial charge in [0.1, 0.15) is 0 Å². The quantitative estimate of drug-likeness (QED) is 0.432. The number of rotatable bonds is 6. The third-order valence-corrected chi connectivity index (χ3v) is 6.72. The Bertz CT molecular complexity index is 1560. The number of carbonyl (C=O) groups excluding carboxylic acids is 1. The van der Waals surface area contributed by atoms with Crippen molar-refractivity contribution >= 4 is 35.0 Å². The Morgan fingerprint density at radius 2 is 1.81 bits per heavy atom. The van der Waals surface area contributed by atoms with Gasteiger partial charge in [-0.15, -0.1) is 0 Å². The molecule has 0 saturated carbocycles.